The zero-order chi connectivity index (χ0) is 11.0. The maximum absolute atomic E-state index is 11.4. The second-order valence-corrected chi connectivity index (χ2v) is 3.90. The van der Waals surface area contributed by atoms with Gasteiger partial charge in [0.1, 0.15) is 0 Å². The Morgan fingerprint density at radius 1 is 1.73 bits per heavy atom. The van der Waals surface area contributed by atoms with Gasteiger partial charge in [-0.3, -0.25) is 9.69 Å². The molecule has 0 aliphatic carbocycles. The largest absolute Gasteiger partial charge is 0.475 e. The smallest absolute Gasteiger partial charge is 0.373 e. The van der Waals surface area contributed by atoms with Crippen LogP contribution in [0.3, 0.4) is 0 Å². The Morgan fingerprint density at radius 3 is 2.93 bits per heavy atom. The summed E-state index contributed by atoms with van der Waals surface area (Å²) in [5.74, 6) is -1.64. The summed E-state index contributed by atoms with van der Waals surface area (Å²) in [4.78, 5) is 26.9. The Balaban J connectivity index is 2.23. The van der Waals surface area contributed by atoms with Gasteiger partial charge in [0.25, 0.3) is 0 Å². The number of carboxylic acids is 1. The van der Waals surface area contributed by atoms with Gasteiger partial charge in [0.2, 0.25) is 11.7 Å². The summed E-state index contributed by atoms with van der Waals surface area (Å²) in [6.07, 6.45) is 1.39. The molecule has 1 aromatic heterocycles. The van der Waals surface area contributed by atoms with Crippen LogP contribution in [0, 0.1) is 0 Å². The van der Waals surface area contributed by atoms with E-state index >= 15 is 0 Å². The predicted molar refractivity (Wildman–Crippen MR) is 53.2 cm³/mol. The van der Waals surface area contributed by atoms with Crippen molar-refractivity contribution in [3.05, 3.63) is 12.0 Å². The van der Waals surface area contributed by atoms with Crippen LogP contribution in [0.15, 0.2) is 10.6 Å². The number of amides is 1. The maximum Gasteiger partial charge on any atom is 0.373 e. The van der Waals surface area contributed by atoms with E-state index in [1.54, 1.807) is 0 Å². The summed E-state index contributed by atoms with van der Waals surface area (Å²) in [5, 5.41) is 8.55. The Labute approximate surface area is 90.3 Å². The van der Waals surface area contributed by atoms with Gasteiger partial charge in [-0.2, -0.15) is 12.6 Å². The van der Waals surface area contributed by atoms with Crippen LogP contribution in [-0.4, -0.2) is 33.8 Å². The zero-order valence-corrected chi connectivity index (χ0v) is 8.48. The molecule has 1 fully saturated rings. The molecule has 0 saturated carbocycles. The van der Waals surface area contributed by atoms with E-state index < -0.39 is 5.97 Å². The summed E-state index contributed by atoms with van der Waals surface area (Å²) in [7, 11) is 0. The van der Waals surface area contributed by atoms with Crippen LogP contribution in [0.5, 0.6) is 0 Å². The molecule has 1 atom stereocenters. The highest BCUT2D eigenvalue weighted by atomic mass is 32.1. The van der Waals surface area contributed by atoms with Crippen molar-refractivity contribution in [1.82, 2.24) is 4.98 Å². The van der Waals surface area contributed by atoms with Gasteiger partial charge in [-0.1, -0.05) is 0 Å². The number of thiol groups is 1. The Morgan fingerprint density at radius 2 is 2.47 bits per heavy atom. The first-order chi connectivity index (χ1) is 7.08. The molecular formula is C8H8N2O4S. The van der Waals surface area contributed by atoms with Crippen LogP contribution in [-0.2, 0) is 4.79 Å². The number of nitrogens with zero attached hydrogens (tertiary/aromatic N) is 2. The molecule has 1 aliphatic heterocycles. The number of aromatic nitrogens is 1. The number of carbonyl (C=O) groups excluding carboxylic acids is 1. The monoisotopic (exact) mass is 228 g/mol. The van der Waals surface area contributed by atoms with Gasteiger partial charge in [0.05, 0.1) is 6.20 Å². The number of carbonyl (C=O) groups is 2. The predicted octanol–water partition coefficient (Wildman–Crippen LogP) is 0.408. The third kappa shape index (κ3) is 1.82. The Hall–Kier alpha value is -1.50. The van der Waals surface area contributed by atoms with Gasteiger partial charge in [0, 0.05) is 18.2 Å². The van der Waals surface area contributed by atoms with Gasteiger partial charge in [-0.25, -0.2) is 9.78 Å². The highest BCUT2D eigenvalue weighted by Crippen LogP contribution is 2.23. The molecule has 0 spiro atoms. The topological polar surface area (TPSA) is 83.6 Å². The van der Waals surface area contributed by atoms with E-state index in [1.165, 1.54) is 4.90 Å². The zero-order valence-electron chi connectivity index (χ0n) is 7.58. The lowest BCUT2D eigenvalue weighted by atomic mass is 10.4. The molecule has 1 saturated heterocycles. The third-order valence-electron chi connectivity index (χ3n) is 2.04. The van der Waals surface area contributed by atoms with Crippen LogP contribution in [0.4, 0.5) is 6.01 Å². The van der Waals surface area contributed by atoms with Crippen LogP contribution in [0.25, 0.3) is 0 Å². The minimum absolute atomic E-state index is 0.0222. The fourth-order valence-electron chi connectivity index (χ4n) is 1.36. The summed E-state index contributed by atoms with van der Waals surface area (Å²) in [6, 6.07) is 0.0222. The van der Waals surface area contributed by atoms with E-state index in [9.17, 15) is 9.59 Å². The third-order valence-corrected chi connectivity index (χ3v) is 2.39. The quantitative estimate of drug-likeness (QED) is 0.716. The summed E-state index contributed by atoms with van der Waals surface area (Å²) >= 11 is 4.16. The van der Waals surface area contributed by atoms with Crippen LogP contribution in [0.1, 0.15) is 17.0 Å². The highest BCUT2D eigenvalue weighted by molar-refractivity contribution is 7.81. The van der Waals surface area contributed by atoms with E-state index in [2.05, 4.69) is 17.6 Å². The number of oxazole rings is 1. The lowest BCUT2D eigenvalue weighted by Crippen LogP contribution is -2.24. The lowest BCUT2D eigenvalue weighted by Gasteiger charge is -2.09. The van der Waals surface area contributed by atoms with E-state index in [0.29, 0.717) is 13.0 Å². The summed E-state index contributed by atoms with van der Waals surface area (Å²) in [5.41, 5.74) is 0. The molecular weight excluding hydrogens is 220 g/mol. The molecule has 0 aromatic carbocycles. The van der Waals surface area contributed by atoms with Gasteiger partial charge >= 0.3 is 12.0 Å². The number of hydrogen-bond donors (Lipinski definition) is 2. The molecule has 1 aliphatic rings. The Bertz CT molecular complexity index is 417. The van der Waals surface area contributed by atoms with Crippen LogP contribution in [0.2, 0.25) is 0 Å². The minimum atomic E-state index is -1.21. The van der Waals surface area contributed by atoms with Gasteiger partial charge < -0.3 is 9.52 Å². The number of anilines is 1. The fraction of sp³-hybridized carbons (Fsp3) is 0.375. The molecule has 80 valence electrons. The molecule has 1 unspecified atom stereocenters. The average Bonchev–Trinajstić information content (AvgIpc) is 2.71. The Kier molecular flexibility index (Phi) is 2.39. The first kappa shape index (κ1) is 10.0. The minimum Gasteiger partial charge on any atom is -0.475 e. The van der Waals surface area contributed by atoms with E-state index in [0.717, 1.165) is 6.20 Å². The molecule has 7 heteroatoms. The molecule has 0 radical (unpaired) electrons. The van der Waals surface area contributed by atoms with Gasteiger partial charge in [-0.15, -0.1) is 0 Å². The second kappa shape index (κ2) is 3.58. The number of aromatic carboxylic acids is 1. The molecule has 1 N–H and O–H groups in total. The van der Waals surface area contributed by atoms with Crippen molar-refractivity contribution in [3.8, 4) is 0 Å². The summed E-state index contributed by atoms with van der Waals surface area (Å²) in [6.45, 7) is 0.390. The molecule has 0 bridgehead atoms. The maximum atomic E-state index is 11.4. The van der Waals surface area contributed by atoms with Crippen molar-refractivity contribution in [3.63, 3.8) is 0 Å². The van der Waals surface area contributed by atoms with Crippen LogP contribution >= 0.6 is 12.6 Å². The van der Waals surface area contributed by atoms with Crippen molar-refractivity contribution in [2.24, 2.45) is 0 Å². The summed E-state index contributed by atoms with van der Waals surface area (Å²) < 4.78 is 4.91. The first-order valence-corrected chi connectivity index (χ1v) is 4.77. The molecule has 6 nitrogen and oxygen atoms in total. The first-order valence-electron chi connectivity index (χ1n) is 4.25. The highest BCUT2D eigenvalue weighted by Gasteiger charge is 2.31. The number of hydrogen-bond acceptors (Lipinski definition) is 5. The van der Waals surface area contributed by atoms with E-state index in [1.807, 2.05) is 0 Å². The second-order valence-electron chi connectivity index (χ2n) is 3.17. The van der Waals surface area contributed by atoms with Gasteiger partial charge in [0.15, 0.2) is 0 Å². The molecule has 2 rings (SSSR count). The fourth-order valence-corrected chi connectivity index (χ4v) is 1.68. The lowest BCUT2D eigenvalue weighted by molar-refractivity contribution is -0.117. The molecule has 1 aromatic rings. The van der Waals surface area contributed by atoms with Crippen molar-refractivity contribution in [1.29, 1.82) is 0 Å². The number of carboxylic acid groups (broad SMARTS) is 1. The van der Waals surface area contributed by atoms with E-state index in [4.69, 9.17) is 9.52 Å². The van der Waals surface area contributed by atoms with Crippen molar-refractivity contribution in [2.75, 3.05) is 11.4 Å². The normalized spacial score (nSPS) is 21.0. The van der Waals surface area contributed by atoms with Crippen molar-refractivity contribution >= 4 is 30.5 Å². The van der Waals surface area contributed by atoms with E-state index in [-0.39, 0.29) is 22.9 Å². The molecule has 2 heterocycles. The van der Waals surface area contributed by atoms with Crippen molar-refractivity contribution in [2.45, 2.75) is 11.7 Å². The molecule has 15 heavy (non-hydrogen) atoms. The van der Waals surface area contributed by atoms with Crippen molar-refractivity contribution < 1.29 is 19.1 Å². The average molecular weight is 228 g/mol. The number of rotatable bonds is 2. The SMILES string of the molecule is O=C(O)c1cnc(N2CC(S)CC2=O)o1. The standard InChI is InChI=1S/C8H8N2O4S/c11-6-1-4(15)3-10(6)8-9-2-5(14-8)7(12)13/h2,4,15H,1,3H2,(H,12,13). The molecule has 1 amide bonds. The van der Waals surface area contributed by atoms with Crippen LogP contribution < -0.4 is 4.90 Å². The van der Waals surface area contributed by atoms with Gasteiger partial charge in [-0.05, 0) is 0 Å².